The Labute approximate surface area is 174 Å². The zero-order chi connectivity index (χ0) is 21.2. The fraction of sp³-hybridized carbons (Fsp3) is 0.565. The van der Waals surface area contributed by atoms with E-state index in [1.54, 1.807) is 19.9 Å². The first kappa shape index (κ1) is 24.3. The van der Waals surface area contributed by atoms with E-state index in [9.17, 15) is 9.59 Å². The SMILES string of the molecule is C=CCC(CCc1ccc(SC(C)CC)cc1C)(C(=O)OCC)C(=O)OCC. The molecule has 4 nitrogen and oxygen atoms in total. The second kappa shape index (κ2) is 11.9. The highest BCUT2D eigenvalue weighted by atomic mass is 32.2. The Morgan fingerprint density at radius 3 is 2.25 bits per heavy atom. The maximum Gasteiger partial charge on any atom is 0.323 e. The van der Waals surface area contributed by atoms with Gasteiger partial charge in [-0.3, -0.25) is 9.59 Å². The highest BCUT2D eigenvalue weighted by Crippen LogP contribution is 2.34. The molecule has 1 rings (SSSR count). The Hall–Kier alpha value is -1.75. The molecule has 1 aromatic rings. The molecule has 0 heterocycles. The van der Waals surface area contributed by atoms with Crippen molar-refractivity contribution in [1.29, 1.82) is 0 Å². The standard InChI is InChI=1S/C23H34O4S/c1-7-14-23(21(24)26-9-3,22(25)27-10-4)15-13-19-11-12-20(16-17(19)5)28-18(6)8-2/h7,11-12,16,18H,1,8-10,13-15H2,2-6H3. The van der Waals surface area contributed by atoms with Crippen LogP contribution in [-0.4, -0.2) is 30.4 Å². The van der Waals surface area contributed by atoms with Gasteiger partial charge >= 0.3 is 11.9 Å². The number of hydrogen-bond acceptors (Lipinski definition) is 5. The predicted octanol–water partition coefficient (Wildman–Crippen LogP) is 5.51. The van der Waals surface area contributed by atoms with Crippen LogP contribution in [0, 0.1) is 12.3 Å². The van der Waals surface area contributed by atoms with Crippen LogP contribution < -0.4 is 0 Å². The number of esters is 2. The Bertz CT molecular complexity index is 651. The van der Waals surface area contributed by atoms with E-state index in [1.807, 2.05) is 11.8 Å². The molecular weight excluding hydrogens is 372 g/mol. The molecule has 28 heavy (non-hydrogen) atoms. The van der Waals surface area contributed by atoms with Crippen LogP contribution in [0.25, 0.3) is 0 Å². The largest absolute Gasteiger partial charge is 0.465 e. The van der Waals surface area contributed by atoms with Gasteiger partial charge in [0.05, 0.1) is 13.2 Å². The van der Waals surface area contributed by atoms with Gasteiger partial charge in [-0.15, -0.1) is 18.3 Å². The lowest BCUT2D eigenvalue weighted by Crippen LogP contribution is -2.42. The molecule has 0 aliphatic carbocycles. The van der Waals surface area contributed by atoms with E-state index in [4.69, 9.17) is 9.47 Å². The average Bonchev–Trinajstić information content (AvgIpc) is 2.66. The van der Waals surface area contributed by atoms with Crippen LogP contribution in [0.2, 0.25) is 0 Å². The monoisotopic (exact) mass is 406 g/mol. The van der Waals surface area contributed by atoms with Crippen molar-refractivity contribution in [3.63, 3.8) is 0 Å². The minimum absolute atomic E-state index is 0.200. The summed E-state index contributed by atoms with van der Waals surface area (Å²) in [5, 5.41) is 0.568. The minimum atomic E-state index is -1.34. The van der Waals surface area contributed by atoms with Crippen molar-refractivity contribution in [2.75, 3.05) is 13.2 Å². The summed E-state index contributed by atoms with van der Waals surface area (Å²) in [7, 11) is 0. The quantitative estimate of drug-likeness (QED) is 0.198. The van der Waals surface area contributed by atoms with Gasteiger partial charge in [0.15, 0.2) is 5.41 Å². The minimum Gasteiger partial charge on any atom is -0.465 e. The topological polar surface area (TPSA) is 52.6 Å². The molecule has 5 heteroatoms. The van der Waals surface area contributed by atoms with Gasteiger partial charge in [-0.2, -0.15) is 0 Å². The summed E-state index contributed by atoms with van der Waals surface area (Å²) in [6.07, 6.45) is 3.83. The maximum atomic E-state index is 12.7. The van der Waals surface area contributed by atoms with Crippen molar-refractivity contribution in [2.24, 2.45) is 5.41 Å². The molecule has 0 aliphatic heterocycles. The second-order valence-corrected chi connectivity index (χ2v) is 8.45. The summed E-state index contributed by atoms with van der Waals surface area (Å²) in [4.78, 5) is 26.7. The highest BCUT2D eigenvalue weighted by molar-refractivity contribution is 7.99. The van der Waals surface area contributed by atoms with Gasteiger partial charge in [0, 0.05) is 10.1 Å². The molecule has 156 valence electrons. The number of carbonyl (C=O) groups is 2. The van der Waals surface area contributed by atoms with E-state index >= 15 is 0 Å². The van der Waals surface area contributed by atoms with E-state index in [1.165, 1.54) is 4.90 Å². The van der Waals surface area contributed by atoms with Crippen LogP contribution in [0.3, 0.4) is 0 Å². The molecule has 0 spiro atoms. The van der Waals surface area contributed by atoms with Crippen molar-refractivity contribution in [2.45, 2.75) is 70.4 Å². The number of rotatable bonds is 12. The molecule has 1 unspecified atom stereocenters. The van der Waals surface area contributed by atoms with Crippen LogP contribution in [0.15, 0.2) is 35.7 Å². The summed E-state index contributed by atoms with van der Waals surface area (Å²) in [5.74, 6) is -1.06. The zero-order valence-corrected chi connectivity index (χ0v) is 18.7. The van der Waals surface area contributed by atoms with Crippen molar-refractivity contribution in [1.82, 2.24) is 0 Å². The molecule has 0 saturated heterocycles. The molecule has 0 saturated carbocycles. The van der Waals surface area contributed by atoms with Gasteiger partial charge in [-0.25, -0.2) is 0 Å². The van der Waals surface area contributed by atoms with Crippen LogP contribution >= 0.6 is 11.8 Å². The normalized spacial score (nSPS) is 12.3. The summed E-state index contributed by atoms with van der Waals surface area (Å²) < 4.78 is 10.5. The number of thioether (sulfide) groups is 1. The Morgan fingerprint density at radius 1 is 1.18 bits per heavy atom. The lowest BCUT2D eigenvalue weighted by molar-refractivity contribution is -0.172. The molecular formula is C23H34O4S. The Kier molecular flexibility index (Phi) is 10.4. The van der Waals surface area contributed by atoms with Gasteiger partial charge in [-0.1, -0.05) is 26.0 Å². The molecule has 0 aliphatic rings. The van der Waals surface area contributed by atoms with Gasteiger partial charge in [0.1, 0.15) is 0 Å². The van der Waals surface area contributed by atoms with E-state index in [0.717, 1.165) is 17.5 Å². The number of hydrogen-bond donors (Lipinski definition) is 0. The molecule has 0 radical (unpaired) electrons. The van der Waals surface area contributed by atoms with E-state index in [2.05, 4.69) is 45.5 Å². The van der Waals surface area contributed by atoms with Crippen molar-refractivity contribution >= 4 is 23.7 Å². The third-order valence-electron chi connectivity index (χ3n) is 4.87. The van der Waals surface area contributed by atoms with Gasteiger partial charge in [-0.05, 0) is 69.7 Å². The Balaban J connectivity index is 3.07. The summed E-state index contributed by atoms with van der Waals surface area (Å²) >= 11 is 1.86. The van der Waals surface area contributed by atoms with Crippen molar-refractivity contribution in [3.05, 3.63) is 42.0 Å². The maximum absolute atomic E-state index is 12.7. The van der Waals surface area contributed by atoms with Crippen LogP contribution in [-0.2, 0) is 25.5 Å². The van der Waals surface area contributed by atoms with E-state index in [-0.39, 0.29) is 19.6 Å². The van der Waals surface area contributed by atoms with Gasteiger partial charge < -0.3 is 9.47 Å². The van der Waals surface area contributed by atoms with Gasteiger partial charge in [0.25, 0.3) is 0 Å². The van der Waals surface area contributed by atoms with Crippen LogP contribution in [0.4, 0.5) is 0 Å². The molecule has 0 N–H and O–H groups in total. The second-order valence-electron chi connectivity index (χ2n) is 6.94. The molecule has 0 amide bonds. The number of aryl methyl sites for hydroxylation is 2. The van der Waals surface area contributed by atoms with Gasteiger partial charge in [0.2, 0.25) is 0 Å². The number of allylic oxidation sites excluding steroid dienone is 1. The van der Waals surface area contributed by atoms with Crippen molar-refractivity contribution < 1.29 is 19.1 Å². The summed E-state index contributed by atoms with van der Waals surface area (Å²) in [5.41, 5.74) is 0.939. The molecule has 0 fully saturated rings. The first-order valence-corrected chi connectivity index (χ1v) is 10.9. The highest BCUT2D eigenvalue weighted by Gasteiger charge is 2.47. The van der Waals surface area contributed by atoms with E-state index in [0.29, 0.717) is 18.1 Å². The smallest absolute Gasteiger partial charge is 0.323 e. The summed E-state index contributed by atoms with van der Waals surface area (Å²) in [6, 6.07) is 6.38. The predicted molar refractivity (Wildman–Crippen MR) is 116 cm³/mol. The van der Waals surface area contributed by atoms with Crippen LogP contribution in [0.5, 0.6) is 0 Å². The molecule has 1 aromatic carbocycles. The number of carbonyl (C=O) groups excluding carboxylic acids is 2. The molecule has 1 atom stereocenters. The third-order valence-corrected chi connectivity index (χ3v) is 6.13. The van der Waals surface area contributed by atoms with Crippen LogP contribution in [0.1, 0.15) is 58.1 Å². The first-order chi connectivity index (χ1) is 13.3. The fourth-order valence-electron chi connectivity index (χ4n) is 3.03. The number of benzene rings is 1. The first-order valence-electron chi connectivity index (χ1n) is 10.1. The van der Waals surface area contributed by atoms with E-state index < -0.39 is 17.4 Å². The summed E-state index contributed by atoms with van der Waals surface area (Å²) in [6.45, 7) is 14.1. The lowest BCUT2D eigenvalue weighted by Gasteiger charge is -2.28. The zero-order valence-electron chi connectivity index (χ0n) is 17.9. The average molecular weight is 407 g/mol. The lowest BCUT2D eigenvalue weighted by atomic mass is 9.78. The molecule has 0 aromatic heterocycles. The number of ether oxygens (including phenoxy) is 2. The fourth-order valence-corrected chi connectivity index (χ4v) is 4.05. The third kappa shape index (κ3) is 6.40. The Morgan fingerprint density at radius 2 is 1.79 bits per heavy atom. The van der Waals surface area contributed by atoms with Crippen molar-refractivity contribution in [3.8, 4) is 0 Å². The molecule has 0 bridgehead atoms.